The maximum atomic E-state index is 6.54. The zero-order valence-corrected chi connectivity index (χ0v) is 22.7. The van der Waals surface area contributed by atoms with Crippen LogP contribution >= 0.6 is 0 Å². The fourth-order valence-corrected chi connectivity index (χ4v) is 6.58. The number of benzene rings is 6. The van der Waals surface area contributed by atoms with Gasteiger partial charge in [0.2, 0.25) is 0 Å². The molecule has 4 nitrogen and oxygen atoms in total. The monoisotopic (exact) mass is 539 g/mol. The number of para-hydroxylation sites is 3. The number of hydrogen-bond acceptors (Lipinski definition) is 3. The van der Waals surface area contributed by atoms with Gasteiger partial charge in [0.1, 0.15) is 17.3 Å². The maximum Gasteiger partial charge on any atom is 0.146 e. The molecule has 1 aliphatic rings. The lowest BCUT2D eigenvalue weighted by atomic mass is 10.0. The van der Waals surface area contributed by atoms with Gasteiger partial charge in [0.15, 0.2) is 0 Å². The van der Waals surface area contributed by atoms with Crippen LogP contribution in [0.2, 0.25) is 0 Å². The highest BCUT2D eigenvalue weighted by atomic mass is 16.3. The molecule has 1 unspecified atom stereocenters. The summed E-state index contributed by atoms with van der Waals surface area (Å²) in [5.74, 6) is 0. The van der Waals surface area contributed by atoms with E-state index in [-0.39, 0.29) is 6.17 Å². The number of nitrogens with one attached hydrogen (secondary N) is 1. The average molecular weight is 540 g/mol. The van der Waals surface area contributed by atoms with E-state index in [4.69, 9.17) is 9.41 Å². The summed E-state index contributed by atoms with van der Waals surface area (Å²) in [6, 6.07) is 48.9. The van der Waals surface area contributed by atoms with Crippen LogP contribution in [0.25, 0.3) is 55.1 Å². The predicted molar refractivity (Wildman–Crippen MR) is 170 cm³/mol. The average Bonchev–Trinajstić information content (AvgIpc) is 3.60. The van der Waals surface area contributed by atoms with E-state index < -0.39 is 0 Å². The summed E-state index contributed by atoms with van der Waals surface area (Å²) >= 11 is 0. The maximum absolute atomic E-state index is 6.54. The van der Waals surface area contributed by atoms with Crippen LogP contribution in [0.1, 0.15) is 17.3 Å². The minimum absolute atomic E-state index is 0.253. The van der Waals surface area contributed by atoms with Crippen molar-refractivity contribution in [2.75, 3.05) is 0 Å². The SMILES string of the molecule is c1ccc(C2=c3ccccc3=NC(c3cccc4oc5cc(-n6c7ccccc7c7ccccc76)ccc5c34)N2)cc1. The Balaban J connectivity index is 1.23. The second kappa shape index (κ2) is 8.95. The van der Waals surface area contributed by atoms with Crippen LogP contribution in [0.15, 0.2) is 149 Å². The molecule has 0 fully saturated rings. The van der Waals surface area contributed by atoms with Crippen LogP contribution in [0.5, 0.6) is 0 Å². The van der Waals surface area contributed by atoms with Crippen molar-refractivity contribution < 1.29 is 4.42 Å². The Morgan fingerprint density at radius 1 is 0.595 bits per heavy atom. The summed E-state index contributed by atoms with van der Waals surface area (Å²) in [7, 11) is 0. The first-order valence-corrected chi connectivity index (χ1v) is 14.3. The van der Waals surface area contributed by atoms with Gasteiger partial charge in [0.05, 0.1) is 22.1 Å². The molecular weight excluding hydrogens is 514 g/mol. The van der Waals surface area contributed by atoms with Crippen LogP contribution in [-0.4, -0.2) is 4.57 Å². The van der Waals surface area contributed by atoms with Crippen molar-refractivity contribution in [2.45, 2.75) is 6.17 Å². The van der Waals surface area contributed by atoms with E-state index in [1.54, 1.807) is 0 Å². The van der Waals surface area contributed by atoms with Crippen molar-refractivity contribution in [1.82, 2.24) is 9.88 Å². The Kier molecular flexibility index (Phi) is 4.93. The van der Waals surface area contributed by atoms with Crippen molar-refractivity contribution >= 4 is 49.4 Å². The molecule has 0 saturated heterocycles. The molecule has 9 rings (SSSR count). The van der Waals surface area contributed by atoms with Crippen molar-refractivity contribution in [1.29, 1.82) is 0 Å². The Hall–Kier alpha value is -5.61. The molecule has 0 radical (unpaired) electrons. The molecular formula is C38H25N3O. The Bertz CT molecular complexity index is 2400. The largest absolute Gasteiger partial charge is 0.456 e. The normalized spacial score (nSPS) is 14.8. The fourth-order valence-electron chi connectivity index (χ4n) is 6.58. The zero-order chi connectivity index (χ0) is 27.6. The molecule has 2 aromatic heterocycles. The number of furan rings is 1. The van der Waals surface area contributed by atoms with Gasteiger partial charge in [-0.15, -0.1) is 0 Å². The molecule has 0 bridgehead atoms. The first-order chi connectivity index (χ1) is 20.8. The van der Waals surface area contributed by atoms with E-state index in [1.807, 2.05) is 6.07 Å². The first-order valence-electron chi connectivity index (χ1n) is 14.3. The van der Waals surface area contributed by atoms with Gasteiger partial charge in [-0.2, -0.15) is 0 Å². The Labute approximate surface area is 241 Å². The number of aromatic nitrogens is 1. The second-order valence-corrected chi connectivity index (χ2v) is 10.8. The molecule has 0 saturated carbocycles. The molecule has 3 heterocycles. The van der Waals surface area contributed by atoms with E-state index in [2.05, 4.69) is 143 Å². The summed E-state index contributed by atoms with van der Waals surface area (Å²) in [6.45, 7) is 0. The van der Waals surface area contributed by atoms with Gasteiger partial charge in [-0.25, -0.2) is 0 Å². The summed E-state index contributed by atoms with van der Waals surface area (Å²) in [5.41, 5.74) is 8.49. The predicted octanol–water partition coefficient (Wildman–Crippen LogP) is 7.76. The van der Waals surface area contributed by atoms with Gasteiger partial charge in [0, 0.05) is 44.1 Å². The second-order valence-electron chi connectivity index (χ2n) is 10.8. The molecule has 0 spiro atoms. The molecule has 6 aromatic carbocycles. The van der Waals surface area contributed by atoms with Crippen LogP contribution in [0, 0.1) is 0 Å². The van der Waals surface area contributed by atoms with Gasteiger partial charge in [-0.3, -0.25) is 4.99 Å². The zero-order valence-electron chi connectivity index (χ0n) is 22.7. The van der Waals surface area contributed by atoms with E-state index in [0.717, 1.165) is 55.0 Å². The lowest BCUT2D eigenvalue weighted by Crippen LogP contribution is -2.39. The first kappa shape index (κ1) is 23.1. The summed E-state index contributed by atoms with van der Waals surface area (Å²) in [4.78, 5) is 5.18. The minimum Gasteiger partial charge on any atom is -0.456 e. The molecule has 1 atom stereocenters. The molecule has 0 amide bonds. The minimum atomic E-state index is -0.253. The molecule has 42 heavy (non-hydrogen) atoms. The van der Waals surface area contributed by atoms with E-state index in [1.165, 1.54) is 21.8 Å². The third-order valence-electron chi connectivity index (χ3n) is 8.43. The van der Waals surface area contributed by atoms with Gasteiger partial charge >= 0.3 is 0 Å². The number of fused-ring (bicyclic) bond motifs is 7. The Morgan fingerprint density at radius 3 is 2.12 bits per heavy atom. The summed E-state index contributed by atoms with van der Waals surface area (Å²) in [6.07, 6.45) is -0.253. The van der Waals surface area contributed by atoms with Crippen LogP contribution in [0.4, 0.5) is 0 Å². The van der Waals surface area contributed by atoms with Crippen LogP contribution in [0.3, 0.4) is 0 Å². The van der Waals surface area contributed by atoms with Gasteiger partial charge in [0.25, 0.3) is 0 Å². The lowest BCUT2D eigenvalue weighted by Gasteiger charge is -2.23. The number of rotatable bonds is 3. The third kappa shape index (κ3) is 3.39. The number of nitrogens with zero attached hydrogens (tertiary/aromatic N) is 2. The topological polar surface area (TPSA) is 42.5 Å². The fraction of sp³-hybridized carbons (Fsp3) is 0.0263. The Morgan fingerprint density at radius 2 is 1.31 bits per heavy atom. The van der Waals surface area contributed by atoms with E-state index in [0.29, 0.717) is 0 Å². The standard InChI is InChI=1S/C38H25N3O/c1-2-11-24(12-3-1)37-28-15-4-7-17-31(28)39-38(40-37)30-16-10-20-34-36(30)29-22-21-25(23-35(29)42-34)41-32-18-8-5-13-26(32)27-14-6-9-19-33(27)41/h1-23,38,40H. The highest BCUT2D eigenvalue weighted by Gasteiger charge is 2.22. The number of hydrogen-bond donors (Lipinski definition) is 1. The van der Waals surface area contributed by atoms with Gasteiger partial charge in [-0.1, -0.05) is 97.1 Å². The third-order valence-corrected chi connectivity index (χ3v) is 8.43. The molecule has 0 aliphatic carbocycles. The molecule has 1 aliphatic heterocycles. The molecule has 198 valence electrons. The van der Waals surface area contributed by atoms with Crippen LogP contribution < -0.4 is 15.9 Å². The van der Waals surface area contributed by atoms with Crippen molar-refractivity contribution in [3.63, 3.8) is 0 Å². The van der Waals surface area contributed by atoms with Gasteiger partial charge in [-0.05, 0) is 42.0 Å². The summed E-state index contributed by atoms with van der Waals surface area (Å²) in [5, 5.41) is 10.5. The van der Waals surface area contributed by atoms with E-state index >= 15 is 0 Å². The molecule has 1 N–H and O–H groups in total. The highest BCUT2D eigenvalue weighted by molar-refractivity contribution is 6.10. The van der Waals surface area contributed by atoms with Crippen molar-refractivity contribution in [3.05, 3.63) is 161 Å². The molecule has 4 heteroatoms. The molecule has 8 aromatic rings. The van der Waals surface area contributed by atoms with E-state index in [9.17, 15) is 0 Å². The van der Waals surface area contributed by atoms with Crippen molar-refractivity contribution in [2.24, 2.45) is 4.99 Å². The summed E-state index contributed by atoms with van der Waals surface area (Å²) < 4.78 is 8.87. The lowest BCUT2D eigenvalue weighted by molar-refractivity contribution is 0.636. The van der Waals surface area contributed by atoms with Crippen LogP contribution in [-0.2, 0) is 0 Å². The quantitative estimate of drug-likeness (QED) is 0.249. The smallest absolute Gasteiger partial charge is 0.146 e. The van der Waals surface area contributed by atoms with Crippen molar-refractivity contribution in [3.8, 4) is 5.69 Å². The van der Waals surface area contributed by atoms with Gasteiger partial charge < -0.3 is 14.3 Å². The highest BCUT2D eigenvalue weighted by Crippen LogP contribution is 2.38.